The van der Waals surface area contributed by atoms with Crippen molar-refractivity contribution in [3.8, 4) is 5.75 Å². The van der Waals surface area contributed by atoms with Gasteiger partial charge in [-0.15, -0.1) is 0 Å². The third-order valence-corrected chi connectivity index (χ3v) is 3.73. The topological polar surface area (TPSA) is 113 Å². The van der Waals surface area contributed by atoms with Crippen LogP contribution in [-0.4, -0.2) is 34.2 Å². The van der Waals surface area contributed by atoms with Crippen LogP contribution in [-0.2, 0) is 22.4 Å². The molecule has 2 atom stereocenters. The Morgan fingerprint density at radius 3 is 2.32 bits per heavy atom. The van der Waals surface area contributed by atoms with Gasteiger partial charge < -0.3 is 21.3 Å². The summed E-state index contributed by atoms with van der Waals surface area (Å²) < 4.78 is 13.7. The minimum absolute atomic E-state index is 0.0950. The predicted molar refractivity (Wildman–Crippen MR) is 89.5 cm³/mol. The second kappa shape index (κ2) is 8.25. The zero-order valence-corrected chi connectivity index (χ0v) is 13.4. The number of nitrogens with two attached hydrogens (primary N) is 1. The van der Waals surface area contributed by atoms with Crippen molar-refractivity contribution in [3.05, 3.63) is 65.5 Å². The van der Waals surface area contributed by atoms with Crippen molar-refractivity contribution < 1.29 is 24.2 Å². The number of halogens is 1. The van der Waals surface area contributed by atoms with Gasteiger partial charge in [-0.2, -0.15) is 0 Å². The number of aliphatic carboxylic acids is 1. The van der Waals surface area contributed by atoms with Crippen molar-refractivity contribution in [1.29, 1.82) is 0 Å². The van der Waals surface area contributed by atoms with Crippen LogP contribution in [0.5, 0.6) is 5.75 Å². The van der Waals surface area contributed by atoms with Gasteiger partial charge in [-0.25, -0.2) is 9.18 Å². The van der Waals surface area contributed by atoms with E-state index in [1.165, 1.54) is 30.3 Å². The van der Waals surface area contributed by atoms with Gasteiger partial charge in [0.1, 0.15) is 17.6 Å². The normalized spacial score (nSPS) is 13.0. The standard InChI is InChI=1S/C18H19FN2O4/c19-14-4-2-1-3-12(14)10-16(18(24)25)21-17(23)15(20)9-11-5-7-13(22)8-6-11/h1-8,15-16,22H,9-10,20H2,(H,21,23)(H,24,25)/t15-,16?/m0/s1. The minimum atomic E-state index is -1.28. The lowest BCUT2D eigenvalue weighted by atomic mass is 10.0. The van der Waals surface area contributed by atoms with Gasteiger partial charge >= 0.3 is 5.97 Å². The van der Waals surface area contributed by atoms with E-state index in [0.29, 0.717) is 0 Å². The van der Waals surface area contributed by atoms with Gasteiger partial charge in [0.25, 0.3) is 0 Å². The molecule has 0 aliphatic heterocycles. The molecule has 0 heterocycles. The summed E-state index contributed by atoms with van der Waals surface area (Å²) in [6, 6.07) is 9.72. The van der Waals surface area contributed by atoms with Crippen molar-refractivity contribution in [2.24, 2.45) is 5.73 Å². The number of amides is 1. The molecule has 0 bridgehead atoms. The van der Waals surface area contributed by atoms with Crippen molar-refractivity contribution in [3.63, 3.8) is 0 Å². The smallest absolute Gasteiger partial charge is 0.326 e. The Bertz CT molecular complexity index is 749. The van der Waals surface area contributed by atoms with Crippen molar-refractivity contribution in [1.82, 2.24) is 5.32 Å². The summed E-state index contributed by atoms with van der Waals surface area (Å²) in [5, 5.41) is 20.9. The lowest BCUT2D eigenvalue weighted by Crippen LogP contribution is -2.50. The molecule has 2 aromatic carbocycles. The quantitative estimate of drug-likeness (QED) is 0.602. The average Bonchev–Trinajstić information content (AvgIpc) is 2.57. The number of aromatic hydroxyl groups is 1. The maximum atomic E-state index is 13.7. The Kier molecular flexibility index (Phi) is 6.08. The summed E-state index contributed by atoms with van der Waals surface area (Å²) in [4.78, 5) is 23.5. The molecule has 5 N–H and O–H groups in total. The first-order valence-corrected chi connectivity index (χ1v) is 7.67. The summed E-state index contributed by atoms with van der Waals surface area (Å²) in [5.74, 6) is -2.35. The van der Waals surface area contributed by atoms with Gasteiger partial charge in [-0.1, -0.05) is 30.3 Å². The highest BCUT2D eigenvalue weighted by Gasteiger charge is 2.24. The molecule has 2 aromatic rings. The number of carboxylic acids is 1. The third kappa shape index (κ3) is 5.29. The number of benzene rings is 2. The molecular formula is C18H19FN2O4. The number of phenolic OH excluding ortho intramolecular Hbond substituents is 1. The fraction of sp³-hybridized carbons (Fsp3) is 0.222. The lowest BCUT2D eigenvalue weighted by Gasteiger charge is -2.18. The lowest BCUT2D eigenvalue weighted by molar-refractivity contribution is -0.142. The monoisotopic (exact) mass is 346 g/mol. The molecule has 0 radical (unpaired) electrons. The highest BCUT2D eigenvalue weighted by Crippen LogP contribution is 2.12. The number of carbonyl (C=O) groups excluding carboxylic acids is 1. The number of carboxylic acid groups (broad SMARTS) is 1. The van der Waals surface area contributed by atoms with E-state index in [2.05, 4.69) is 5.32 Å². The van der Waals surface area contributed by atoms with Crippen molar-refractivity contribution >= 4 is 11.9 Å². The molecule has 0 aliphatic rings. The zero-order chi connectivity index (χ0) is 18.4. The van der Waals surface area contributed by atoms with E-state index < -0.39 is 29.8 Å². The Morgan fingerprint density at radius 2 is 1.72 bits per heavy atom. The highest BCUT2D eigenvalue weighted by molar-refractivity contribution is 5.87. The molecule has 132 valence electrons. The molecule has 0 fully saturated rings. The number of nitrogens with one attached hydrogen (secondary N) is 1. The first-order valence-electron chi connectivity index (χ1n) is 7.67. The van der Waals surface area contributed by atoms with Crippen molar-refractivity contribution in [2.45, 2.75) is 24.9 Å². The summed E-state index contributed by atoms with van der Waals surface area (Å²) >= 11 is 0. The average molecular weight is 346 g/mol. The highest BCUT2D eigenvalue weighted by atomic mass is 19.1. The Hall–Kier alpha value is -2.93. The van der Waals surface area contributed by atoms with Gasteiger partial charge in [-0.05, 0) is 35.7 Å². The molecule has 0 aliphatic carbocycles. The largest absolute Gasteiger partial charge is 0.508 e. The van der Waals surface area contributed by atoms with Crippen LogP contribution in [0.3, 0.4) is 0 Å². The van der Waals surface area contributed by atoms with E-state index in [9.17, 15) is 24.2 Å². The molecule has 0 aromatic heterocycles. The number of hydrogen-bond donors (Lipinski definition) is 4. The molecule has 0 saturated heterocycles. The van der Waals surface area contributed by atoms with Crippen LogP contribution in [0.15, 0.2) is 48.5 Å². The Labute approximate surface area is 144 Å². The molecule has 2 rings (SSSR count). The van der Waals surface area contributed by atoms with Gasteiger partial charge in [0, 0.05) is 6.42 Å². The molecule has 1 amide bonds. The zero-order valence-electron chi connectivity index (χ0n) is 13.4. The molecule has 0 saturated carbocycles. The van der Waals surface area contributed by atoms with Gasteiger partial charge in [-0.3, -0.25) is 4.79 Å². The molecule has 7 heteroatoms. The minimum Gasteiger partial charge on any atom is -0.508 e. The number of phenols is 1. The number of hydrogen-bond acceptors (Lipinski definition) is 4. The third-order valence-electron chi connectivity index (χ3n) is 3.73. The molecule has 25 heavy (non-hydrogen) atoms. The predicted octanol–water partition coefficient (Wildman–Crippen LogP) is 1.21. The fourth-order valence-electron chi connectivity index (χ4n) is 2.34. The fourth-order valence-corrected chi connectivity index (χ4v) is 2.34. The van der Waals surface area contributed by atoms with E-state index >= 15 is 0 Å². The maximum Gasteiger partial charge on any atom is 0.326 e. The molecular weight excluding hydrogens is 327 g/mol. The maximum absolute atomic E-state index is 13.7. The van der Waals surface area contributed by atoms with Crippen LogP contribution in [0.25, 0.3) is 0 Å². The van der Waals surface area contributed by atoms with Crippen LogP contribution in [0, 0.1) is 5.82 Å². The van der Waals surface area contributed by atoms with E-state index in [4.69, 9.17) is 5.73 Å². The first kappa shape index (κ1) is 18.4. The molecule has 6 nitrogen and oxygen atoms in total. The van der Waals surface area contributed by atoms with Gasteiger partial charge in [0.05, 0.1) is 6.04 Å². The van der Waals surface area contributed by atoms with E-state index in [0.717, 1.165) is 5.56 Å². The number of carbonyl (C=O) groups is 2. The summed E-state index contributed by atoms with van der Waals surface area (Å²) in [5.41, 5.74) is 6.74. The van der Waals surface area contributed by atoms with Crippen LogP contribution in [0.2, 0.25) is 0 Å². The summed E-state index contributed by atoms with van der Waals surface area (Å²) in [7, 11) is 0. The van der Waals surface area contributed by atoms with Gasteiger partial charge in [0.15, 0.2) is 0 Å². The van der Waals surface area contributed by atoms with Crippen LogP contribution >= 0.6 is 0 Å². The Morgan fingerprint density at radius 1 is 1.08 bits per heavy atom. The van der Waals surface area contributed by atoms with E-state index in [1.54, 1.807) is 18.2 Å². The first-order chi connectivity index (χ1) is 11.9. The SMILES string of the molecule is N[C@@H](Cc1ccc(O)cc1)C(=O)NC(Cc1ccccc1F)C(=O)O. The molecule has 1 unspecified atom stereocenters. The summed E-state index contributed by atoms with van der Waals surface area (Å²) in [6.07, 6.45) is -0.00216. The Balaban J connectivity index is 2.00. The summed E-state index contributed by atoms with van der Waals surface area (Å²) in [6.45, 7) is 0. The van der Waals surface area contributed by atoms with E-state index in [1.807, 2.05) is 0 Å². The van der Waals surface area contributed by atoms with E-state index in [-0.39, 0.29) is 24.2 Å². The second-order valence-electron chi connectivity index (χ2n) is 5.67. The number of rotatable bonds is 7. The van der Waals surface area contributed by atoms with Gasteiger partial charge in [0.2, 0.25) is 5.91 Å². The van der Waals surface area contributed by atoms with Crippen LogP contribution in [0.4, 0.5) is 4.39 Å². The van der Waals surface area contributed by atoms with Crippen molar-refractivity contribution in [2.75, 3.05) is 0 Å². The second-order valence-corrected chi connectivity index (χ2v) is 5.67. The van der Waals surface area contributed by atoms with Crippen LogP contribution < -0.4 is 11.1 Å². The molecule has 0 spiro atoms. The van der Waals surface area contributed by atoms with Crippen LogP contribution in [0.1, 0.15) is 11.1 Å².